The quantitative estimate of drug-likeness (QED) is 0.841. The molecule has 3 N–H and O–H groups in total. The second-order valence-electron chi connectivity index (χ2n) is 4.00. The SMILES string of the molecule is Nc1ccccc1NC(=O)COc1ccc(Br)cc1F. The van der Waals surface area contributed by atoms with Crippen molar-refractivity contribution in [1.29, 1.82) is 0 Å². The van der Waals surface area contributed by atoms with Crippen LogP contribution in [0.2, 0.25) is 0 Å². The third-order valence-corrected chi connectivity index (χ3v) is 2.98. The van der Waals surface area contributed by atoms with Crippen molar-refractivity contribution < 1.29 is 13.9 Å². The molecule has 4 nitrogen and oxygen atoms in total. The first kappa shape index (κ1) is 14.3. The summed E-state index contributed by atoms with van der Waals surface area (Å²) in [4.78, 5) is 11.7. The minimum atomic E-state index is -0.536. The average molecular weight is 339 g/mol. The van der Waals surface area contributed by atoms with Crippen LogP contribution in [0.15, 0.2) is 46.9 Å². The maximum Gasteiger partial charge on any atom is 0.262 e. The lowest BCUT2D eigenvalue weighted by Crippen LogP contribution is -2.21. The standard InChI is InChI=1S/C14H12BrFN2O2/c15-9-5-6-13(10(16)7-9)20-8-14(19)18-12-4-2-1-3-11(12)17/h1-7H,8,17H2,(H,18,19). The van der Waals surface area contributed by atoms with E-state index in [0.29, 0.717) is 15.8 Å². The van der Waals surface area contributed by atoms with E-state index in [9.17, 15) is 9.18 Å². The Hall–Kier alpha value is -2.08. The molecule has 0 atom stereocenters. The fraction of sp³-hybridized carbons (Fsp3) is 0.0714. The molecule has 0 fully saturated rings. The fourth-order valence-corrected chi connectivity index (χ4v) is 1.87. The summed E-state index contributed by atoms with van der Waals surface area (Å²) in [7, 11) is 0. The Morgan fingerprint density at radius 2 is 2.05 bits per heavy atom. The fourth-order valence-electron chi connectivity index (χ4n) is 1.53. The van der Waals surface area contributed by atoms with Crippen LogP contribution in [0.3, 0.4) is 0 Å². The molecule has 0 saturated carbocycles. The summed E-state index contributed by atoms with van der Waals surface area (Å²) in [6, 6.07) is 11.2. The number of halogens is 2. The number of hydrogen-bond acceptors (Lipinski definition) is 3. The number of carbonyl (C=O) groups is 1. The molecule has 20 heavy (non-hydrogen) atoms. The van der Waals surface area contributed by atoms with Gasteiger partial charge in [-0.1, -0.05) is 28.1 Å². The zero-order valence-electron chi connectivity index (χ0n) is 10.4. The third-order valence-electron chi connectivity index (χ3n) is 2.49. The van der Waals surface area contributed by atoms with Gasteiger partial charge in [-0.25, -0.2) is 4.39 Å². The van der Waals surface area contributed by atoms with E-state index < -0.39 is 11.7 Å². The molecule has 0 heterocycles. The molecular formula is C14H12BrFN2O2. The predicted octanol–water partition coefficient (Wildman–Crippen LogP) is 3.19. The van der Waals surface area contributed by atoms with Crippen molar-refractivity contribution in [2.45, 2.75) is 0 Å². The molecule has 0 radical (unpaired) electrons. The molecule has 0 bridgehead atoms. The number of benzene rings is 2. The van der Waals surface area contributed by atoms with Crippen molar-refractivity contribution in [2.75, 3.05) is 17.7 Å². The lowest BCUT2D eigenvalue weighted by atomic mass is 10.2. The van der Waals surface area contributed by atoms with Crippen molar-refractivity contribution in [3.63, 3.8) is 0 Å². The number of anilines is 2. The van der Waals surface area contributed by atoms with Gasteiger partial charge in [-0.05, 0) is 30.3 Å². The molecule has 104 valence electrons. The van der Waals surface area contributed by atoms with E-state index in [4.69, 9.17) is 10.5 Å². The molecular weight excluding hydrogens is 327 g/mol. The van der Waals surface area contributed by atoms with Gasteiger partial charge in [0.25, 0.3) is 5.91 Å². The van der Waals surface area contributed by atoms with Gasteiger partial charge >= 0.3 is 0 Å². The number of nitrogens with one attached hydrogen (secondary N) is 1. The van der Waals surface area contributed by atoms with Crippen molar-refractivity contribution in [3.8, 4) is 5.75 Å². The van der Waals surface area contributed by atoms with Crippen LogP contribution >= 0.6 is 15.9 Å². The van der Waals surface area contributed by atoms with E-state index >= 15 is 0 Å². The van der Waals surface area contributed by atoms with E-state index in [1.54, 1.807) is 30.3 Å². The molecule has 0 spiro atoms. The highest BCUT2D eigenvalue weighted by molar-refractivity contribution is 9.10. The maximum atomic E-state index is 13.5. The number of ether oxygens (including phenoxy) is 1. The summed E-state index contributed by atoms with van der Waals surface area (Å²) < 4.78 is 19.2. The molecule has 2 rings (SSSR count). The Kier molecular flexibility index (Phi) is 4.57. The molecule has 6 heteroatoms. The lowest BCUT2D eigenvalue weighted by molar-refractivity contribution is -0.118. The van der Waals surface area contributed by atoms with Gasteiger partial charge in [0.05, 0.1) is 11.4 Å². The second-order valence-corrected chi connectivity index (χ2v) is 4.91. The largest absolute Gasteiger partial charge is 0.481 e. The zero-order valence-corrected chi connectivity index (χ0v) is 12.0. The summed E-state index contributed by atoms with van der Waals surface area (Å²) in [6.45, 7) is -0.299. The topological polar surface area (TPSA) is 64.3 Å². The van der Waals surface area contributed by atoms with Crippen molar-refractivity contribution >= 4 is 33.2 Å². The van der Waals surface area contributed by atoms with Crippen molar-refractivity contribution in [3.05, 3.63) is 52.8 Å². The molecule has 2 aromatic carbocycles. The summed E-state index contributed by atoms with van der Waals surface area (Å²) in [6.07, 6.45) is 0. The van der Waals surface area contributed by atoms with Crippen LogP contribution in [0.1, 0.15) is 0 Å². The maximum absolute atomic E-state index is 13.5. The normalized spacial score (nSPS) is 10.1. The van der Waals surface area contributed by atoms with Crippen LogP contribution in [0, 0.1) is 5.82 Å². The Balaban J connectivity index is 1.94. The highest BCUT2D eigenvalue weighted by atomic mass is 79.9. The van der Waals surface area contributed by atoms with Gasteiger partial charge in [-0.3, -0.25) is 4.79 Å². The molecule has 0 saturated heterocycles. The first-order chi connectivity index (χ1) is 9.56. The molecule has 1 amide bonds. The van der Waals surface area contributed by atoms with Gasteiger partial charge in [0.15, 0.2) is 18.2 Å². The first-order valence-electron chi connectivity index (χ1n) is 5.78. The lowest BCUT2D eigenvalue weighted by Gasteiger charge is -2.09. The van der Waals surface area contributed by atoms with E-state index in [1.165, 1.54) is 12.1 Å². The number of nitrogen functional groups attached to an aromatic ring is 1. The minimum Gasteiger partial charge on any atom is -0.481 e. The average Bonchev–Trinajstić information content (AvgIpc) is 2.40. The highest BCUT2D eigenvalue weighted by Crippen LogP contribution is 2.21. The third kappa shape index (κ3) is 3.71. The monoisotopic (exact) mass is 338 g/mol. The number of hydrogen-bond donors (Lipinski definition) is 2. The van der Waals surface area contributed by atoms with Crippen LogP contribution in [0.5, 0.6) is 5.75 Å². The second kappa shape index (κ2) is 6.38. The molecule has 0 aromatic heterocycles. The Labute approximate surface area is 123 Å². The van der Waals surface area contributed by atoms with Crippen LogP contribution in [0.4, 0.5) is 15.8 Å². The summed E-state index contributed by atoms with van der Waals surface area (Å²) in [5.74, 6) is -0.930. The van der Waals surface area contributed by atoms with Crippen molar-refractivity contribution in [1.82, 2.24) is 0 Å². The van der Waals surface area contributed by atoms with E-state index in [1.807, 2.05) is 0 Å². The van der Waals surface area contributed by atoms with Crippen LogP contribution < -0.4 is 15.8 Å². The van der Waals surface area contributed by atoms with Crippen molar-refractivity contribution in [2.24, 2.45) is 0 Å². The van der Waals surface area contributed by atoms with Gasteiger partial charge in [-0.2, -0.15) is 0 Å². The molecule has 0 unspecified atom stereocenters. The number of carbonyl (C=O) groups excluding carboxylic acids is 1. The highest BCUT2D eigenvalue weighted by Gasteiger charge is 2.08. The minimum absolute atomic E-state index is 0.0179. The molecule has 0 aliphatic heterocycles. The smallest absolute Gasteiger partial charge is 0.262 e. The first-order valence-corrected chi connectivity index (χ1v) is 6.58. The summed E-state index contributed by atoms with van der Waals surface area (Å²) in [5.41, 5.74) is 6.65. The Morgan fingerprint density at radius 3 is 2.75 bits per heavy atom. The van der Waals surface area contributed by atoms with Gasteiger partial charge in [0.1, 0.15) is 0 Å². The number of rotatable bonds is 4. The van der Waals surface area contributed by atoms with E-state index in [-0.39, 0.29) is 12.4 Å². The Morgan fingerprint density at radius 1 is 1.30 bits per heavy atom. The van der Waals surface area contributed by atoms with Crippen LogP contribution in [-0.2, 0) is 4.79 Å². The number of amides is 1. The van der Waals surface area contributed by atoms with Crippen LogP contribution in [-0.4, -0.2) is 12.5 Å². The van der Waals surface area contributed by atoms with Gasteiger partial charge in [-0.15, -0.1) is 0 Å². The van der Waals surface area contributed by atoms with Gasteiger partial charge < -0.3 is 15.8 Å². The van der Waals surface area contributed by atoms with Crippen LogP contribution in [0.25, 0.3) is 0 Å². The van der Waals surface area contributed by atoms with E-state index in [2.05, 4.69) is 21.2 Å². The summed E-state index contributed by atoms with van der Waals surface area (Å²) >= 11 is 3.14. The zero-order chi connectivity index (χ0) is 14.5. The number of nitrogens with two attached hydrogens (primary N) is 1. The summed E-state index contributed by atoms with van der Waals surface area (Å²) in [5, 5.41) is 2.59. The predicted molar refractivity (Wildman–Crippen MR) is 79.1 cm³/mol. The van der Waals surface area contributed by atoms with Gasteiger partial charge in [0.2, 0.25) is 0 Å². The molecule has 0 aliphatic rings. The number of para-hydroxylation sites is 2. The molecule has 2 aromatic rings. The molecule has 0 aliphatic carbocycles. The Bertz CT molecular complexity index is 634. The van der Waals surface area contributed by atoms with Gasteiger partial charge in [0, 0.05) is 4.47 Å². The van der Waals surface area contributed by atoms with E-state index in [0.717, 1.165) is 0 Å².